The first-order chi connectivity index (χ1) is 19.0. The van der Waals surface area contributed by atoms with Crippen LogP contribution in [0.2, 0.25) is 0 Å². The zero-order valence-electron chi connectivity index (χ0n) is 23.4. The van der Waals surface area contributed by atoms with Gasteiger partial charge in [0.05, 0.1) is 0 Å². The van der Waals surface area contributed by atoms with Gasteiger partial charge in [0, 0.05) is 81.6 Å². The number of nitrogens with zero attached hydrogens (tertiary/aromatic N) is 4. The lowest BCUT2D eigenvalue weighted by Crippen LogP contribution is -2.25. The van der Waals surface area contributed by atoms with E-state index in [4.69, 9.17) is 0 Å². The fraction of sp³-hybridized carbons (Fsp3) is 0.242. The summed E-state index contributed by atoms with van der Waals surface area (Å²) in [7, 11) is 12.3. The Kier molecular flexibility index (Phi) is 10.8. The number of benzene rings is 2. The lowest BCUT2D eigenvalue weighted by Gasteiger charge is -2.20. The molecule has 4 nitrogen and oxygen atoms in total. The van der Waals surface area contributed by atoms with E-state index in [1.54, 1.807) is 0 Å². The quantitative estimate of drug-likeness (QED) is 0.0989. The van der Waals surface area contributed by atoms with E-state index in [0.717, 1.165) is 24.6 Å². The summed E-state index contributed by atoms with van der Waals surface area (Å²) in [5.74, 6) is 2.20. The molecule has 4 rings (SSSR count). The van der Waals surface area contributed by atoms with E-state index in [0.29, 0.717) is 0 Å². The zero-order valence-corrected chi connectivity index (χ0v) is 25.0. The Bertz CT molecular complexity index is 1340. The molecule has 6 heteroatoms. The Hall–Kier alpha value is -3.35. The Balaban J connectivity index is 1.12. The van der Waals surface area contributed by atoms with Gasteiger partial charge in [0.2, 0.25) is 0 Å². The van der Waals surface area contributed by atoms with Crippen molar-refractivity contribution in [2.24, 2.45) is 14.1 Å². The lowest BCUT2D eigenvalue weighted by molar-refractivity contribution is -0.671. The van der Waals surface area contributed by atoms with Crippen LogP contribution in [0, 0.1) is 0 Å². The summed E-state index contributed by atoms with van der Waals surface area (Å²) >= 11 is 0. The van der Waals surface area contributed by atoms with Crippen LogP contribution in [0.5, 0.6) is 0 Å². The topological polar surface area (TPSA) is 15.3 Å². The molecule has 0 aliphatic heterocycles. The third-order valence-electron chi connectivity index (χ3n) is 6.57. The van der Waals surface area contributed by atoms with Crippen molar-refractivity contribution < 1.29 is 4.57 Å². The number of hydrogen-bond donors (Lipinski definition) is 0. The van der Waals surface area contributed by atoms with E-state index in [2.05, 4.69) is 144 Å². The van der Waals surface area contributed by atoms with Crippen LogP contribution in [0.15, 0.2) is 91.5 Å². The minimum atomic E-state index is 1.03. The van der Waals surface area contributed by atoms with Gasteiger partial charge in [-0.15, -0.1) is 0 Å². The molecule has 0 aliphatic rings. The van der Waals surface area contributed by atoms with Crippen LogP contribution >= 0.6 is 21.6 Å². The maximum atomic E-state index is 2.33. The summed E-state index contributed by atoms with van der Waals surface area (Å²) in [5, 5.41) is 0. The molecule has 2 aromatic carbocycles. The van der Waals surface area contributed by atoms with Crippen molar-refractivity contribution in [1.82, 2.24) is 4.57 Å². The van der Waals surface area contributed by atoms with Gasteiger partial charge in [0.15, 0.2) is 12.4 Å². The molecule has 0 spiro atoms. The summed E-state index contributed by atoms with van der Waals surface area (Å²) in [6, 6.07) is 24.0. The summed E-state index contributed by atoms with van der Waals surface area (Å²) in [6.07, 6.45) is 17.0. The Morgan fingerprint density at radius 1 is 0.641 bits per heavy atom. The highest BCUT2D eigenvalue weighted by Crippen LogP contribution is 2.24. The molecule has 0 radical (unpaired) electrons. The summed E-state index contributed by atoms with van der Waals surface area (Å²) < 4.78 is 4.11. The van der Waals surface area contributed by atoms with E-state index < -0.39 is 0 Å². The highest BCUT2D eigenvalue weighted by atomic mass is 33.1. The molecular formula is C33H39N4S2+. The van der Waals surface area contributed by atoms with Gasteiger partial charge < -0.3 is 14.4 Å². The second-order valence-electron chi connectivity index (χ2n) is 9.74. The minimum absolute atomic E-state index is 1.03. The predicted octanol–water partition coefficient (Wildman–Crippen LogP) is 7.14. The Morgan fingerprint density at radius 3 is 1.51 bits per heavy atom. The molecule has 2 aromatic heterocycles. The zero-order chi connectivity index (χ0) is 27.5. The predicted molar refractivity (Wildman–Crippen MR) is 175 cm³/mol. The van der Waals surface area contributed by atoms with E-state index in [1.165, 1.54) is 33.6 Å². The standard InChI is InChI=1S/C33H39N4S2/c1-34-20-17-30(18-21-34)6-5-28-9-13-32(14-10-28)36(3)23-25-38-39-26-24-37(4)33-15-11-29(12-16-33)7-8-31-19-22-35(2)27-31/h5-22,27H,23-26H2,1-4H3/q+1/b8-7+. The van der Waals surface area contributed by atoms with E-state index in [-0.39, 0.29) is 0 Å². The number of pyridine rings is 1. The number of aromatic nitrogens is 2. The average Bonchev–Trinajstić information content (AvgIpc) is 3.38. The van der Waals surface area contributed by atoms with Crippen LogP contribution in [-0.4, -0.2) is 43.3 Å². The first-order valence-corrected chi connectivity index (χ1v) is 15.8. The lowest BCUT2D eigenvalue weighted by atomic mass is 10.1. The summed E-state index contributed by atoms with van der Waals surface area (Å²) in [6.45, 7) is 2.06. The van der Waals surface area contributed by atoms with Crippen molar-refractivity contribution in [3.8, 4) is 0 Å². The number of hydrogen-bond acceptors (Lipinski definition) is 4. The summed E-state index contributed by atoms with van der Waals surface area (Å²) in [5.41, 5.74) is 7.38. The van der Waals surface area contributed by atoms with Crippen LogP contribution in [0.4, 0.5) is 11.4 Å². The Labute approximate surface area is 242 Å². The smallest absolute Gasteiger partial charge is 0.169 e. The molecule has 0 amide bonds. The Morgan fingerprint density at radius 2 is 1.08 bits per heavy atom. The maximum Gasteiger partial charge on any atom is 0.169 e. The molecule has 0 fully saturated rings. The number of anilines is 2. The second kappa shape index (κ2) is 14.7. The second-order valence-corrected chi connectivity index (χ2v) is 12.4. The van der Waals surface area contributed by atoms with Gasteiger partial charge in [-0.3, -0.25) is 0 Å². The van der Waals surface area contributed by atoms with E-state index in [9.17, 15) is 0 Å². The first kappa shape index (κ1) is 28.7. The molecule has 39 heavy (non-hydrogen) atoms. The number of aryl methyl sites for hydroxylation is 2. The van der Waals surface area contributed by atoms with Crippen molar-refractivity contribution in [3.05, 3.63) is 114 Å². The fourth-order valence-electron chi connectivity index (χ4n) is 4.04. The molecule has 0 saturated carbocycles. The SMILES string of the molecule is CN(CCSSCCN(C)c1ccc(/C=C/c2ccn(C)c2)cc1)c1ccc(/C=C/c2cc[n+](C)cc2)cc1. The van der Waals surface area contributed by atoms with Crippen LogP contribution in [-0.2, 0) is 14.1 Å². The van der Waals surface area contributed by atoms with Gasteiger partial charge in [0.25, 0.3) is 0 Å². The average molecular weight is 556 g/mol. The summed E-state index contributed by atoms with van der Waals surface area (Å²) in [4.78, 5) is 4.66. The molecule has 0 atom stereocenters. The van der Waals surface area contributed by atoms with Gasteiger partial charge in [-0.1, -0.05) is 70.2 Å². The molecule has 0 N–H and O–H groups in total. The maximum absolute atomic E-state index is 2.33. The van der Waals surface area contributed by atoms with Crippen LogP contribution in [0.3, 0.4) is 0 Å². The third-order valence-corrected chi connectivity index (χ3v) is 8.93. The van der Waals surface area contributed by atoms with Gasteiger partial charge in [-0.05, 0) is 52.6 Å². The first-order valence-electron chi connectivity index (χ1n) is 13.3. The molecular weight excluding hydrogens is 517 g/mol. The molecule has 2 heterocycles. The highest BCUT2D eigenvalue weighted by molar-refractivity contribution is 8.76. The third kappa shape index (κ3) is 9.41. The van der Waals surface area contributed by atoms with Crippen LogP contribution in [0.25, 0.3) is 24.3 Å². The van der Waals surface area contributed by atoms with Crippen LogP contribution in [0.1, 0.15) is 22.3 Å². The highest BCUT2D eigenvalue weighted by Gasteiger charge is 2.03. The molecule has 4 aromatic rings. The molecule has 0 saturated heterocycles. The van der Waals surface area contributed by atoms with Gasteiger partial charge >= 0.3 is 0 Å². The molecule has 0 bridgehead atoms. The van der Waals surface area contributed by atoms with Crippen molar-refractivity contribution in [1.29, 1.82) is 0 Å². The van der Waals surface area contributed by atoms with E-state index in [1.807, 2.05) is 40.3 Å². The van der Waals surface area contributed by atoms with Crippen molar-refractivity contribution in [3.63, 3.8) is 0 Å². The van der Waals surface area contributed by atoms with Crippen molar-refractivity contribution in [2.75, 3.05) is 48.5 Å². The van der Waals surface area contributed by atoms with Gasteiger partial charge in [-0.25, -0.2) is 4.57 Å². The monoisotopic (exact) mass is 555 g/mol. The normalized spacial score (nSPS) is 11.5. The van der Waals surface area contributed by atoms with Crippen LogP contribution < -0.4 is 14.4 Å². The van der Waals surface area contributed by atoms with Crippen molar-refractivity contribution in [2.45, 2.75) is 0 Å². The van der Waals surface area contributed by atoms with Gasteiger partial charge in [-0.2, -0.15) is 0 Å². The minimum Gasteiger partial charge on any atom is -0.374 e. The number of rotatable bonds is 13. The molecule has 202 valence electrons. The fourth-order valence-corrected chi connectivity index (χ4v) is 6.12. The van der Waals surface area contributed by atoms with Crippen molar-refractivity contribution >= 4 is 57.3 Å². The molecule has 0 unspecified atom stereocenters. The van der Waals surface area contributed by atoms with E-state index >= 15 is 0 Å². The van der Waals surface area contributed by atoms with Gasteiger partial charge in [0.1, 0.15) is 7.05 Å². The molecule has 0 aliphatic carbocycles. The largest absolute Gasteiger partial charge is 0.374 e.